The summed E-state index contributed by atoms with van der Waals surface area (Å²) in [6, 6.07) is 1.65. The first-order chi connectivity index (χ1) is 7.61. The van der Waals surface area contributed by atoms with Crippen molar-refractivity contribution in [2.24, 2.45) is 0 Å². The molecule has 1 heterocycles. The van der Waals surface area contributed by atoms with Crippen LogP contribution in [0.15, 0.2) is 16.7 Å². The van der Waals surface area contributed by atoms with Crippen LogP contribution in [0.5, 0.6) is 0 Å². The number of rotatable bonds is 2. The summed E-state index contributed by atoms with van der Waals surface area (Å²) < 4.78 is 40.4. The molecule has 1 unspecified atom stereocenters. The van der Waals surface area contributed by atoms with Gasteiger partial charge in [0.1, 0.15) is 5.15 Å². The van der Waals surface area contributed by atoms with Crippen molar-refractivity contribution in [2.75, 3.05) is 12.5 Å². The van der Waals surface area contributed by atoms with Crippen molar-refractivity contribution < 1.29 is 46.7 Å². The van der Waals surface area contributed by atoms with Crippen LogP contribution in [0.3, 0.4) is 0 Å². The summed E-state index contributed by atoms with van der Waals surface area (Å²) >= 11 is 6.95. The molecule has 0 aliphatic heterocycles. The summed E-state index contributed by atoms with van der Waals surface area (Å²) in [5.41, 5.74) is 0.624. The number of nitrogens with zero attached hydrogens (tertiary/aromatic N) is 1. The van der Waals surface area contributed by atoms with E-state index in [4.69, 9.17) is 20.4 Å². The third kappa shape index (κ3) is 12.0. The molecule has 0 fully saturated rings. The minimum absolute atomic E-state index is 0. The Morgan fingerprint density at radius 1 is 1.56 bits per heavy atom. The van der Waals surface area contributed by atoms with Gasteiger partial charge in [0.15, 0.2) is 9.84 Å². The molecule has 98 valence electrons. The molecule has 0 aliphatic carbocycles. The third-order valence-corrected chi connectivity index (χ3v) is 3.27. The summed E-state index contributed by atoms with van der Waals surface area (Å²) in [6.45, 7) is 0. The van der Waals surface area contributed by atoms with E-state index < -0.39 is 20.9 Å². The van der Waals surface area contributed by atoms with Gasteiger partial charge >= 0.3 is 29.6 Å². The van der Waals surface area contributed by atoms with Crippen molar-refractivity contribution in [3.05, 3.63) is 27.5 Å². The van der Waals surface area contributed by atoms with Crippen molar-refractivity contribution in [2.45, 2.75) is 5.75 Å². The van der Waals surface area contributed by atoms with E-state index in [1.54, 1.807) is 6.07 Å². The van der Waals surface area contributed by atoms with Gasteiger partial charge in [0.2, 0.25) is 0 Å². The van der Waals surface area contributed by atoms with E-state index >= 15 is 0 Å². The van der Waals surface area contributed by atoms with Crippen LogP contribution in [-0.4, -0.2) is 34.7 Å². The molecule has 0 spiro atoms. The van der Waals surface area contributed by atoms with E-state index in [0.29, 0.717) is 15.2 Å². The fraction of sp³-hybridized carbons (Fsp3) is 0.375. The molecule has 0 bridgehead atoms. The second-order valence-electron chi connectivity index (χ2n) is 3.09. The summed E-state index contributed by atoms with van der Waals surface area (Å²) in [5, 5.41) is 0.331. The van der Waals surface area contributed by atoms with Crippen molar-refractivity contribution >= 4 is 48.4 Å². The standard InChI is InChI=1S/C7H7BrClNO2S.CH4O2S.Na/c1-13(11,12)4-5-2-6(8)7(9)10-3-5;1-4(2)3;/h2-3H,4H2,1H3;1H3,(H,2,3);/q;;+1/p-1. The summed E-state index contributed by atoms with van der Waals surface area (Å²) in [5.74, 6) is -0.0181. The van der Waals surface area contributed by atoms with E-state index in [9.17, 15) is 8.42 Å². The third-order valence-electron chi connectivity index (χ3n) is 1.28. The number of hydrogen-bond donors (Lipinski definition) is 0. The first-order valence-corrected chi connectivity index (χ1v) is 8.82. The Kier molecular flexibility index (Phi) is 11.6. The molecule has 5 nitrogen and oxygen atoms in total. The largest absolute Gasteiger partial charge is 1.00 e. The molecule has 1 atom stereocenters. The predicted molar refractivity (Wildman–Crippen MR) is 70.3 cm³/mol. The number of sulfone groups is 1. The van der Waals surface area contributed by atoms with Crippen LogP contribution in [0.1, 0.15) is 5.56 Å². The Balaban J connectivity index is 0. The topological polar surface area (TPSA) is 87.2 Å². The fourth-order valence-electron chi connectivity index (χ4n) is 0.843. The molecule has 1 aromatic rings. The number of pyridine rings is 1. The van der Waals surface area contributed by atoms with Gasteiger partial charge in [-0.3, -0.25) is 4.21 Å². The molecule has 0 aliphatic rings. The van der Waals surface area contributed by atoms with Gasteiger partial charge in [-0.05, 0) is 33.8 Å². The van der Waals surface area contributed by atoms with Crippen LogP contribution in [0.25, 0.3) is 0 Å². The van der Waals surface area contributed by atoms with Gasteiger partial charge in [0.05, 0.1) is 10.2 Å². The molecule has 10 heteroatoms. The van der Waals surface area contributed by atoms with Crippen LogP contribution in [0.4, 0.5) is 0 Å². The molecule has 0 amide bonds. The quantitative estimate of drug-likeness (QED) is 0.352. The Bertz CT molecular complexity index is 508. The maximum atomic E-state index is 10.9. The van der Waals surface area contributed by atoms with Gasteiger partial charge in [-0.15, -0.1) is 0 Å². The zero-order valence-electron chi connectivity index (χ0n) is 10.0. The van der Waals surface area contributed by atoms with E-state index in [0.717, 1.165) is 6.26 Å². The van der Waals surface area contributed by atoms with Crippen molar-refractivity contribution in [3.8, 4) is 0 Å². The van der Waals surface area contributed by atoms with E-state index in [1.807, 2.05) is 0 Å². The molecule has 18 heavy (non-hydrogen) atoms. The number of halogens is 2. The molecular formula is C8H10BrClNNaO4S2. The normalized spacial score (nSPS) is 11.8. The molecule has 0 N–H and O–H groups in total. The van der Waals surface area contributed by atoms with E-state index in [-0.39, 0.29) is 35.3 Å². The second kappa shape index (κ2) is 9.82. The summed E-state index contributed by atoms with van der Waals surface area (Å²) in [6.07, 6.45) is 3.71. The Hall–Kier alpha value is 0.980. The van der Waals surface area contributed by atoms with E-state index in [1.165, 1.54) is 12.5 Å². The maximum absolute atomic E-state index is 10.9. The van der Waals surface area contributed by atoms with Crippen molar-refractivity contribution in [1.82, 2.24) is 4.98 Å². The molecule has 0 aromatic carbocycles. The van der Waals surface area contributed by atoms with Gasteiger partial charge < -0.3 is 4.55 Å². The van der Waals surface area contributed by atoms with Crippen molar-refractivity contribution in [1.29, 1.82) is 0 Å². The van der Waals surface area contributed by atoms with Crippen LogP contribution in [-0.2, 0) is 26.7 Å². The fourth-order valence-corrected chi connectivity index (χ4v) is 2.11. The van der Waals surface area contributed by atoms with Crippen LogP contribution >= 0.6 is 27.5 Å². The number of aromatic nitrogens is 1. The molecule has 0 radical (unpaired) electrons. The van der Waals surface area contributed by atoms with E-state index in [2.05, 4.69) is 20.9 Å². The van der Waals surface area contributed by atoms with Crippen molar-refractivity contribution in [3.63, 3.8) is 0 Å². The summed E-state index contributed by atoms with van der Waals surface area (Å²) in [4.78, 5) is 3.82. The number of hydrogen-bond acceptors (Lipinski definition) is 5. The Morgan fingerprint density at radius 2 is 2.00 bits per heavy atom. The summed E-state index contributed by atoms with van der Waals surface area (Å²) in [7, 11) is -3.01. The first kappa shape index (κ1) is 21.3. The van der Waals surface area contributed by atoms with Gasteiger partial charge in [0.25, 0.3) is 0 Å². The smallest absolute Gasteiger partial charge is 0.773 e. The van der Waals surface area contributed by atoms with Crippen LogP contribution in [0.2, 0.25) is 5.15 Å². The SMILES string of the molecule is CS(=O)(=O)Cc1cnc(Cl)c(Br)c1.CS(=O)[O-].[Na+]. The Morgan fingerprint density at radius 3 is 2.33 bits per heavy atom. The first-order valence-electron chi connectivity index (χ1n) is 4.10. The van der Waals surface area contributed by atoms with Gasteiger partial charge in [0, 0.05) is 12.5 Å². The molecule has 1 aromatic heterocycles. The minimum Gasteiger partial charge on any atom is -0.773 e. The molecule has 0 saturated carbocycles. The Labute approximate surface area is 144 Å². The predicted octanol–water partition coefficient (Wildman–Crippen LogP) is -1.46. The molecular weight excluding hydrogens is 377 g/mol. The average molecular weight is 387 g/mol. The van der Waals surface area contributed by atoms with Gasteiger partial charge in [-0.2, -0.15) is 0 Å². The monoisotopic (exact) mass is 385 g/mol. The van der Waals surface area contributed by atoms with Crippen LogP contribution in [0, 0.1) is 0 Å². The van der Waals surface area contributed by atoms with Gasteiger partial charge in [-0.1, -0.05) is 22.7 Å². The second-order valence-corrected chi connectivity index (χ2v) is 7.24. The molecule has 0 saturated heterocycles. The average Bonchev–Trinajstić information content (AvgIpc) is 2.08. The zero-order valence-corrected chi connectivity index (χ0v) is 16.0. The zero-order chi connectivity index (χ0) is 13.6. The maximum Gasteiger partial charge on any atom is 1.00 e. The van der Waals surface area contributed by atoms with Crippen LogP contribution < -0.4 is 29.6 Å². The molecule has 1 rings (SSSR count). The minimum atomic E-state index is -3.01. The van der Waals surface area contributed by atoms with Gasteiger partial charge in [-0.25, -0.2) is 13.4 Å².